The fourth-order valence-electron chi connectivity index (χ4n) is 3.25. The van der Waals surface area contributed by atoms with Crippen molar-refractivity contribution in [3.8, 4) is 11.9 Å². The second-order valence-corrected chi connectivity index (χ2v) is 6.67. The molecule has 1 aliphatic rings. The Hall–Kier alpha value is -3.12. The summed E-state index contributed by atoms with van der Waals surface area (Å²) in [5.74, 6) is -0.463. The van der Waals surface area contributed by atoms with Crippen molar-refractivity contribution in [2.45, 2.75) is 38.6 Å². The number of nitrogens with zero attached hydrogens (tertiary/aromatic N) is 3. The standard InChI is InChI=1S/C20H18F3N3O3/c1-12-14(9-24)18(27)26(11-13-5-4-8-29-13)19(28)15(12)10-25-17-7-3-2-6-16(17)20(21,22)23/h2-3,6-7,10,13,28H,4-5,8,11H2,1H3. The van der Waals surface area contributed by atoms with Crippen LogP contribution in [-0.4, -0.2) is 28.6 Å². The summed E-state index contributed by atoms with van der Waals surface area (Å²) in [6.45, 7) is 2.02. The predicted molar refractivity (Wildman–Crippen MR) is 99.5 cm³/mol. The lowest BCUT2D eigenvalue weighted by Crippen LogP contribution is -2.29. The smallest absolute Gasteiger partial charge is 0.418 e. The van der Waals surface area contributed by atoms with E-state index >= 15 is 0 Å². The Morgan fingerprint density at radius 2 is 2.14 bits per heavy atom. The van der Waals surface area contributed by atoms with Crippen LogP contribution < -0.4 is 5.56 Å². The van der Waals surface area contributed by atoms with Gasteiger partial charge in [0.15, 0.2) is 0 Å². The molecule has 0 saturated carbocycles. The molecule has 29 heavy (non-hydrogen) atoms. The highest BCUT2D eigenvalue weighted by atomic mass is 19.4. The molecule has 6 nitrogen and oxygen atoms in total. The molecule has 9 heteroatoms. The van der Waals surface area contributed by atoms with Crippen molar-refractivity contribution in [2.75, 3.05) is 6.61 Å². The number of nitriles is 1. The molecule has 1 saturated heterocycles. The molecule has 1 aromatic heterocycles. The lowest BCUT2D eigenvalue weighted by atomic mass is 10.1. The minimum absolute atomic E-state index is 0.0103. The van der Waals surface area contributed by atoms with E-state index < -0.39 is 23.2 Å². The van der Waals surface area contributed by atoms with Crippen molar-refractivity contribution >= 4 is 11.9 Å². The Morgan fingerprint density at radius 1 is 1.41 bits per heavy atom. The summed E-state index contributed by atoms with van der Waals surface area (Å²) in [5.41, 5.74) is -1.99. The predicted octanol–water partition coefficient (Wildman–Crippen LogP) is 3.68. The highest BCUT2D eigenvalue weighted by Crippen LogP contribution is 2.36. The molecule has 152 valence electrons. The van der Waals surface area contributed by atoms with Gasteiger partial charge >= 0.3 is 6.18 Å². The van der Waals surface area contributed by atoms with Crippen LogP contribution >= 0.6 is 0 Å². The van der Waals surface area contributed by atoms with Gasteiger partial charge in [0.1, 0.15) is 11.6 Å². The van der Waals surface area contributed by atoms with E-state index in [0.29, 0.717) is 13.0 Å². The van der Waals surface area contributed by atoms with Crippen molar-refractivity contribution in [1.82, 2.24) is 4.57 Å². The number of aromatic hydroxyl groups is 1. The third kappa shape index (κ3) is 4.17. The fraction of sp³-hybridized carbons (Fsp3) is 0.350. The summed E-state index contributed by atoms with van der Waals surface area (Å²) >= 11 is 0. The van der Waals surface area contributed by atoms with Crippen LogP contribution in [0.4, 0.5) is 18.9 Å². The molecule has 3 rings (SSSR count). The molecule has 1 atom stereocenters. The largest absolute Gasteiger partial charge is 0.494 e. The van der Waals surface area contributed by atoms with E-state index in [0.717, 1.165) is 23.3 Å². The van der Waals surface area contributed by atoms with Crippen LogP contribution in [0.15, 0.2) is 34.1 Å². The van der Waals surface area contributed by atoms with Gasteiger partial charge in [-0.1, -0.05) is 12.1 Å². The molecule has 0 amide bonds. The number of para-hydroxylation sites is 1. The van der Waals surface area contributed by atoms with Gasteiger partial charge in [-0.3, -0.25) is 14.4 Å². The fourth-order valence-corrected chi connectivity index (χ4v) is 3.25. The summed E-state index contributed by atoms with van der Waals surface area (Å²) in [4.78, 5) is 16.5. The first-order chi connectivity index (χ1) is 13.7. The van der Waals surface area contributed by atoms with Gasteiger partial charge in [0.05, 0.1) is 29.5 Å². The molecule has 1 fully saturated rings. The average molecular weight is 405 g/mol. The first-order valence-electron chi connectivity index (χ1n) is 8.92. The van der Waals surface area contributed by atoms with Crippen LogP contribution in [0.1, 0.15) is 35.1 Å². The van der Waals surface area contributed by atoms with Crippen molar-refractivity contribution in [3.05, 3.63) is 56.9 Å². The zero-order chi connectivity index (χ0) is 21.2. The number of pyridine rings is 1. The molecule has 2 aromatic rings. The second kappa shape index (κ2) is 8.09. The van der Waals surface area contributed by atoms with Crippen molar-refractivity contribution in [3.63, 3.8) is 0 Å². The van der Waals surface area contributed by atoms with Gasteiger partial charge in [-0.25, -0.2) is 0 Å². The third-order valence-electron chi connectivity index (χ3n) is 4.80. The summed E-state index contributed by atoms with van der Waals surface area (Å²) in [5, 5.41) is 20.0. The molecular weight excluding hydrogens is 387 g/mol. The monoisotopic (exact) mass is 405 g/mol. The van der Waals surface area contributed by atoms with E-state index in [1.54, 1.807) is 6.07 Å². The van der Waals surface area contributed by atoms with Crippen LogP contribution in [0.25, 0.3) is 0 Å². The van der Waals surface area contributed by atoms with E-state index in [4.69, 9.17) is 4.74 Å². The van der Waals surface area contributed by atoms with Crippen molar-refractivity contribution in [2.24, 2.45) is 4.99 Å². The van der Waals surface area contributed by atoms with Gasteiger partial charge in [0.25, 0.3) is 5.56 Å². The Kier molecular flexibility index (Phi) is 5.75. The maximum atomic E-state index is 13.2. The molecule has 1 aliphatic heterocycles. The molecule has 2 heterocycles. The summed E-state index contributed by atoms with van der Waals surface area (Å²) in [6.07, 6.45) is -2.32. The number of hydrogen-bond acceptors (Lipinski definition) is 5. The zero-order valence-electron chi connectivity index (χ0n) is 15.5. The minimum Gasteiger partial charge on any atom is -0.494 e. The van der Waals surface area contributed by atoms with Crippen molar-refractivity contribution < 1.29 is 23.0 Å². The van der Waals surface area contributed by atoms with Crippen LogP contribution in [0, 0.1) is 18.3 Å². The third-order valence-corrected chi connectivity index (χ3v) is 4.80. The Balaban J connectivity index is 2.09. The molecule has 0 aliphatic carbocycles. The maximum absolute atomic E-state index is 13.2. The number of alkyl halides is 3. The molecule has 1 aromatic carbocycles. The van der Waals surface area contributed by atoms with Crippen LogP contribution in [0.5, 0.6) is 5.88 Å². The molecule has 1 unspecified atom stereocenters. The molecule has 0 bridgehead atoms. The van der Waals surface area contributed by atoms with E-state index in [1.807, 2.05) is 0 Å². The zero-order valence-corrected chi connectivity index (χ0v) is 15.5. The maximum Gasteiger partial charge on any atom is 0.418 e. The molecule has 0 spiro atoms. The van der Waals surface area contributed by atoms with E-state index in [9.17, 15) is 28.3 Å². The van der Waals surface area contributed by atoms with Gasteiger partial charge in [-0.05, 0) is 37.5 Å². The van der Waals surface area contributed by atoms with Gasteiger partial charge in [0, 0.05) is 12.8 Å². The second-order valence-electron chi connectivity index (χ2n) is 6.67. The van der Waals surface area contributed by atoms with Gasteiger partial charge in [0.2, 0.25) is 5.88 Å². The normalized spacial score (nSPS) is 17.0. The number of benzene rings is 1. The average Bonchev–Trinajstić information content (AvgIpc) is 3.18. The van der Waals surface area contributed by atoms with E-state index in [2.05, 4.69) is 4.99 Å². The van der Waals surface area contributed by atoms with Crippen LogP contribution in [-0.2, 0) is 17.5 Å². The first kappa shape index (κ1) is 20.6. The lowest BCUT2D eigenvalue weighted by molar-refractivity contribution is -0.137. The molecular formula is C20H18F3N3O3. The highest BCUT2D eigenvalue weighted by Gasteiger charge is 2.33. The first-order valence-corrected chi connectivity index (χ1v) is 8.92. The van der Waals surface area contributed by atoms with Gasteiger partial charge in [-0.2, -0.15) is 18.4 Å². The minimum atomic E-state index is -4.60. The quantitative estimate of drug-likeness (QED) is 0.786. The van der Waals surface area contributed by atoms with Crippen LogP contribution in [0.3, 0.4) is 0 Å². The summed E-state index contributed by atoms with van der Waals surface area (Å²) in [6, 6.07) is 6.56. The van der Waals surface area contributed by atoms with E-state index in [1.165, 1.54) is 25.1 Å². The van der Waals surface area contributed by atoms with Crippen LogP contribution in [0.2, 0.25) is 0 Å². The van der Waals surface area contributed by atoms with Crippen molar-refractivity contribution in [1.29, 1.82) is 5.26 Å². The summed E-state index contributed by atoms with van der Waals surface area (Å²) in [7, 11) is 0. The number of aliphatic imine (C=N–C) groups is 1. The number of rotatable bonds is 4. The topological polar surface area (TPSA) is 87.6 Å². The van der Waals surface area contributed by atoms with Gasteiger partial charge in [-0.15, -0.1) is 0 Å². The number of halogens is 3. The van der Waals surface area contributed by atoms with Gasteiger partial charge < -0.3 is 9.84 Å². The summed E-state index contributed by atoms with van der Waals surface area (Å²) < 4.78 is 46.0. The molecule has 1 N–H and O–H groups in total. The number of ether oxygens (including phenoxy) is 1. The Labute approximate surface area is 164 Å². The number of hydrogen-bond donors (Lipinski definition) is 1. The number of aromatic nitrogens is 1. The Bertz CT molecular complexity index is 1050. The lowest BCUT2D eigenvalue weighted by Gasteiger charge is -2.17. The SMILES string of the molecule is Cc1c(C=Nc2ccccc2C(F)(F)F)c(O)n(CC2CCCO2)c(=O)c1C#N. The molecule has 0 radical (unpaired) electrons. The highest BCUT2D eigenvalue weighted by molar-refractivity contribution is 5.87. The van der Waals surface area contributed by atoms with E-state index in [-0.39, 0.29) is 35.0 Å². The Morgan fingerprint density at radius 3 is 2.76 bits per heavy atom.